The van der Waals surface area contributed by atoms with Gasteiger partial charge in [-0.05, 0) is 31.4 Å². The first kappa shape index (κ1) is 10.5. The number of fused-ring (bicyclic) bond motifs is 2. The predicted molar refractivity (Wildman–Crippen MR) is 63.8 cm³/mol. The van der Waals surface area contributed by atoms with E-state index in [0.29, 0.717) is 5.56 Å². The summed E-state index contributed by atoms with van der Waals surface area (Å²) in [6.07, 6.45) is 3.86. The second-order valence-corrected chi connectivity index (χ2v) is 5.12. The van der Waals surface area contributed by atoms with Crippen molar-refractivity contribution in [3.8, 4) is 0 Å². The lowest BCUT2D eigenvalue weighted by atomic mass is 9.73. The van der Waals surface area contributed by atoms with E-state index in [9.17, 15) is 9.59 Å². The number of nitrogens with one attached hydrogen (secondary N) is 1. The third kappa shape index (κ3) is 1.35. The van der Waals surface area contributed by atoms with Crippen molar-refractivity contribution < 1.29 is 9.59 Å². The fourth-order valence-corrected chi connectivity index (χ4v) is 3.15. The summed E-state index contributed by atoms with van der Waals surface area (Å²) in [5, 5.41) is 2.52. The normalized spacial score (nSPS) is 21.5. The van der Waals surface area contributed by atoms with Crippen LogP contribution in [0.3, 0.4) is 0 Å². The van der Waals surface area contributed by atoms with E-state index in [2.05, 4.69) is 5.32 Å². The van der Waals surface area contributed by atoms with E-state index in [-0.39, 0.29) is 11.8 Å². The van der Waals surface area contributed by atoms with E-state index in [0.717, 1.165) is 36.8 Å². The maximum Gasteiger partial charge on any atom is 0.258 e. The van der Waals surface area contributed by atoms with Gasteiger partial charge in [0.2, 0.25) is 5.91 Å². The van der Waals surface area contributed by atoms with E-state index >= 15 is 0 Å². The van der Waals surface area contributed by atoms with Crippen LogP contribution in [0.1, 0.15) is 47.2 Å². The Balaban J connectivity index is 2.23. The number of hydrogen-bond donors (Lipinski definition) is 1. The molecule has 3 heteroatoms. The van der Waals surface area contributed by atoms with Crippen molar-refractivity contribution in [2.24, 2.45) is 0 Å². The van der Waals surface area contributed by atoms with E-state index in [1.54, 1.807) is 0 Å². The molecule has 0 bridgehead atoms. The number of benzene rings is 1. The molecule has 1 saturated carbocycles. The van der Waals surface area contributed by atoms with Gasteiger partial charge in [-0.2, -0.15) is 0 Å². The van der Waals surface area contributed by atoms with Crippen LogP contribution < -0.4 is 5.32 Å². The molecule has 2 aliphatic rings. The smallest absolute Gasteiger partial charge is 0.258 e. The summed E-state index contributed by atoms with van der Waals surface area (Å²) >= 11 is 0. The lowest BCUT2D eigenvalue weighted by Crippen LogP contribution is -2.50. The fraction of sp³-hybridized carbons (Fsp3) is 0.429. The van der Waals surface area contributed by atoms with Crippen LogP contribution in [0.5, 0.6) is 0 Å². The average molecular weight is 229 g/mol. The summed E-state index contributed by atoms with van der Waals surface area (Å²) in [5.41, 5.74) is 2.25. The molecular weight excluding hydrogens is 214 g/mol. The lowest BCUT2D eigenvalue weighted by molar-refractivity contribution is -0.126. The summed E-state index contributed by atoms with van der Waals surface area (Å²) < 4.78 is 0. The molecule has 0 aromatic heterocycles. The van der Waals surface area contributed by atoms with Crippen LogP contribution in [-0.4, -0.2) is 11.8 Å². The van der Waals surface area contributed by atoms with Crippen molar-refractivity contribution in [2.45, 2.75) is 38.0 Å². The van der Waals surface area contributed by atoms with Gasteiger partial charge in [-0.15, -0.1) is 0 Å². The number of amides is 2. The second kappa shape index (κ2) is 3.42. The SMILES string of the molecule is Cc1ccc2c(c1)C(=O)NC(=O)C21CCCC1. The molecule has 3 rings (SSSR count). The minimum atomic E-state index is -0.434. The average Bonchev–Trinajstić information content (AvgIpc) is 2.77. The Labute approximate surface area is 100 Å². The summed E-state index contributed by atoms with van der Waals surface area (Å²) in [7, 11) is 0. The molecular formula is C14H15NO2. The highest BCUT2D eigenvalue weighted by Crippen LogP contribution is 2.44. The maximum atomic E-state index is 12.1. The van der Waals surface area contributed by atoms with Crippen molar-refractivity contribution in [1.82, 2.24) is 5.32 Å². The molecule has 1 heterocycles. The van der Waals surface area contributed by atoms with Gasteiger partial charge in [0.25, 0.3) is 5.91 Å². The predicted octanol–water partition coefficient (Wildman–Crippen LogP) is 2.08. The first-order valence-electron chi connectivity index (χ1n) is 6.10. The Bertz CT molecular complexity index is 513. The van der Waals surface area contributed by atoms with Gasteiger partial charge >= 0.3 is 0 Å². The summed E-state index contributed by atoms with van der Waals surface area (Å²) in [4.78, 5) is 24.0. The molecule has 1 aromatic carbocycles. The van der Waals surface area contributed by atoms with Gasteiger partial charge in [-0.3, -0.25) is 14.9 Å². The molecule has 0 unspecified atom stereocenters. The number of aryl methyl sites for hydroxylation is 1. The Morgan fingerprint density at radius 3 is 2.59 bits per heavy atom. The van der Waals surface area contributed by atoms with Crippen molar-refractivity contribution in [3.05, 3.63) is 34.9 Å². The van der Waals surface area contributed by atoms with Gasteiger partial charge in [0.1, 0.15) is 0 Å². The van der Waals surface area contributed by atoms with Gasteiger partial charge in [0, 0.05) is 5.56 Å². The van der Waals surface area contributed by atoms with Crippen molar-refractivity contribution in [1.29, 1.82) is 0 Å². The molecule has 0 atom stereocenters. The van der Waals surface area contributed by atoms with Crippen molar-refractivity contribution >= 4 is 11.8 Å². The maximum absolute atomic E-state index is 12.1. The van der Waals surface area contributed by atoms with Gasteiger partial charge in [0.05, 0.1) is 5.41 Å². The lowest BCUT2D eigenvalue weighted by Gasteiger charge is -2.33. The molecule has 1 aliphatic carbocycles. The van der Waals surface area contributed by atoms with Crippen LogP contribution in [-0.2, 0) is 10.2 Å². The number of carbonyl (C=O) groups is 2. The molecule has 2 amide bonds. The topological polar surface area (TPSA) is 46.2 Å². The van der Waals surface area contributed by atoms with Gasteiger partial charge < -0.3 is 0 Å². The van der Waals surface area contributed by atoms with Crippen LogP contribution in [0.25, 0.3) is 0 Å². The first-order chi connectivity index (χ1) is 8.13. The van der Waals surface area contributed by atoms with E-state index in [4.69, 9.17) is 0 Å². The van der Waals surface area contributed by atoms with Gasteiger partial charge in [0.15, 0.2) is 0 Å². The van der Waals surface area contributed by atoms with E-state index in [1.165, 1.54) is 0 Å². The zero-order valence-corrected chi connectivity index (χ0v) is 9.88. The largest absolute Gasteiger partial charge is 0.292 e. The standard InChI is InChI=1S/C14H15NO2/c1-9-4-5-11-10(8-9)12(16)15-13(17)14(11)6-2-3-7-14/h4-5,8H,2-3,6-7H2,1H3,(H,15,16,17). The summed E-state index contributed by atoms with van der Waals surface area (Å²) in [6.45, 7) is 1.96. The van der Waals surface area contributed by atoms with Gasteiger partial charge in [-0.1, -0.05) is 30.5 Å². The molecule has 88 valence electrons. The molecule has 1 aliphatic heterocycles. The van der Waals surface area contributed by atoms with E-state index in [1.807, 2.05) is 25.1 Å². The molecule has 17 heavy (non-hydrogen) atoms. The molecule has 0 radical (unpaired) electrons. The quantitative estimate of drug-likeness (QED) is 0.692. The highest BCUT2D eigenvalue weighted by Gasteiger charge is 2.48. The van der Waals surface area contributed by atoms with Crippen LogP contribution in [0.4, 0.5) is 0 Å². The third-order valence-electron chi connectivity index (χ3n) is 4.05. The van der Waals surface area contributed by atoms with Crippen molar-refractivity contribution in [2.75, 3.05) is 0 Å². The molecule has 1 N–H and O–H groups in total. The monoisotopic (exact) mass is 229 g/mol. The molecule has 1 aromatic rings. The third-order valence-corrected chi connectivity index (χ3v) is 4.05. The van der Waals surface area contributed by atoms with Crippen LogP contribution in [0.15, 0.2) is 18.2 Å². The number of imide groups is 1. The number of hydrogen-bond acceptors (Lipinski definition) is 2. The van der Waals surface area contributed by atoms with Crippen LogP contribution in [0.2, 0.25) is 0 Å². The fourth-order valence-electron chi connectivity index (χ4n) is 3.15. The zero-order valence-electron chi connectivity index (χ0n) is 9.88. The zero-order chi connectivity index (χ0) is 12.0. The number of rotatable bonds is 0. The van der Waals surface area contributed by atoms with Crippen molar-refractivity contribution in [3.63, 3.8) is 0 Å². The Morgan fingerprint density at radius 2 is 1.88 bits per heavy atom. The second-order valence-electron chi connectivity index (χ2n) is 5.12. The Kier molecular flexibility index (Phi) is 2.12. The van der Waals surface area contributed by atoms with Gasteiger partial charge in [-0.25, -0.2) is 0 Å². The molecule has 3 nitrogen and oxygen atoms in total. The molecule has 1 fully saturated rings. The minimum Gasteiger partial charge on any atom is -0.292 e. The number of carbonyl (C=O) groups excluding carboxylic acids is 2. The molecule has 0 saturated heterocycles. The van der Waals surface area contributed by atoms with Crippen LogP contribution >= 0.6 is 0 Å². The summed E-state index contributed by atoms with van der Waals surface area (Å²) in [6, 6.07) is 5.84. The molecule has 1 spiro atoms. The first-order valence-corrected chi connectivity index (χ1v) is 6.10. The highest BCUT2D eigenvalue weighted by atomic mass is 16.2. The van der Waals surface area contributed by atoms with E-state index < -0.39 is 5.41 Å². The Hall–Kier alpha value is -1.64. The Morgan fingerprint density at radius 1 is 1.18 bits per heavy atom. The highest BCUT2D eigenvalue weighted by molar-refractivity contribution is 6.13. The van der Waals surface area contributed by atoms with Crippen LogP contribution in [0, 0.1) is 6.92 Å². The minimum absolute atomic E-state index is 0.101. The summed E-state index contributed by atoms with van der Waals surface area (Å²) in [5.74, 6) is -0.345.